The summed E-state index contributed by atoms with van der Waals surface area (Å²) in [6.45, 7) is 4.13. The number of methoxy groups -OCH3 is 1. The van der Waals surface area contributed by atoms with Crippen molar-refractivity contribution in [3.8, 4) is 17.6 Å². The molecule has 47 heavy (non-hydrogen) atoms. The normalized spacial score (nSPS) is 15.6. The number of nitriles is 1. The summed E-state index contributed by atoms with van der Waals surface area (Å²) in [7, 11) is 1.50. The molecule has 3 aromatic carbocycles. The van der Waals surface area contributed by atoms with Gasteiger partial charge in [0.25, 0.3) is 0 Å². The fourth-order valence-corrected chi connectivity index (χ4v) is 6.14. The number of hydrogen-bond acceptors (Lipinski definition) is 7. The number of aryl methyl sites for hydroxylation is 1. The third-order valence-electron chi connectivity index (χ3n) is 8.52. The number of rotatable bonds is 11. The second-order valence-corrected chi connectivity index (χ2v) is 11.9. The van der Waals surface area contributed by atoms with Crippen LogP contribution in [-0.2, 0) is 28.1 Å². The Morgan fingerprint density at radius 2 is 1.81 bits per heavy atom. The van der Waals surface area contributed by atoms with Gasteiger partial charge in [-0.1, -0.05) is 42.0 Å². The van der Waals surface area contributed by atoms with Gasteiger partial charge in [-0.05, 0) is 62.1 Å². The molecule has 0 bridgehead atoms. The van der Waals surface area contributed by atoms with Crippen LogP contribution < -0.4 is 9.47 Å². The van der Waals surface area contributed by atoms with Gasteiger partial charge in [-0.25, -0.2) is 0 Å². The van der Waals surface area contributed by atoms with Crippen molar-refractivity contribution in [1.29, 1.82) is 5.26 Å². The summed E-state index contributed by atoms with van der Waals surface area (Å²) in [5.41, 5.74) is -0.0448. The van der Waals surface area contributed by atoms with Crippen molar-refractivity contribution in [3.63, 3.8) is 0 Å². The first-order valence-corrected chi connectivity index (χ1v) is 15.5. The molecule has 0 amide bonds. The van der Waals surface area contributed by atoms with Crippen LogP contribution in [0.25, 0.3) is 10.9 Å². The Bertz CT molecular complexity index is 1770. The number of alkyl halides is 3. The maximum atomic E-state index is 14.9. The van der Waals surface area contributed by atoms with E-state index in [-0.39, 0.29) is 55.7 Å². The molecule has 0 aliphatic carbocycles. The molecule has 248 valence electrons. The lowest BCUT2D eigenvalue weighted by molar-refractivity contribution is -0.272. The molecule has 4 aromatic rings. The number of aromatic nitrogens is 1. The standard InChI is InChI=1S/C36H38F3N3O5/c1-4-46-34(43)19-25-9-11-32(33(18-25)45-3)47-28-12-14-41(15-13-28)23-35(44,36(37,38)39)30-22-42(21-27-7-5-6-24(2)16-27)31-17-26(20-40)8-10-29(30)31/h5-11,16-18,22,28,44H,4,12-15,19,21,23H2,1-3H3. The Labute approximate surface area is 271 Å². The number of likely N-dealkylation sites (tertiary alicyclic amines) is 1. The second-order valence-electron chi connectivity index (χ2n) is 11.9. The van der Waals surface area contributed by atoms with Gasteiger partial charge in [-0.2, -0.15) is 18.4 Å². The summed E-state index contributed by atoms with van der Waals surface area (Å²) in [5, 5.41) is 21.3. The topological polar surface area (TPSA) is 97.0 Å². The molecule has 2 heterocycles. The predicted molar refractivity (Wildman–Crippen MR) is 170 cm³/mol. The number of ether oxygens (including phenoxy) is 3. The molecule has 1 N–H and O–H groups in total. The van der Waals surface area contributed by atoms with E-state index in [0.29, 0.717) is 41.0 Å². The number of fused-ring (bicyclic) bond motifs is 1. The number of aliphatic hydroxyl groups is 1. The maximum Gasteiger partial charge on any atom is 0.422 e. The minimum atomic E-state index is -4.98. The first kappa shape index (κ1) is 33.8. The Morgan fingerprint density at radius 3 is 2.47 bits per heavy atom. The van der Waals surface area contributed by atoms with Crippen molar-refractivity contribution in [2.45, 2.75) is 57.5 Å². The van der Waals surface area contributed by atoms with Crippen LogP contribution in [0.2, 0.25) is 0 Å². The molecule has 0 radical (unpaired) electrons. The molecule has 1 aliphatic heterocycles. The molecule has 1 unspecified atom stereocenters. The zero-order valence-corrected chi connectivity index (χ0v) is 26.6. The molecular formula is C36H38F3N3O5. The largest absolute Gasteiger partial charge is 0.493 e. The van der Waals surface area contributed by atoms with Gasteiger partial charge in [0.2, 0.25) is 5.60 Å². The lowest BCUT2D eigenvalue weighted by atomic mass is 9.90. The van der Waals surface area contributed by atoms with Crippen molar-refractivity contribution in [1.82, 2.24) is 9.47 Å². The van der Waals surface area contributed by atoms with Gasteiger partial charge in [0.15, 0.2) is 11.5 Å². The number of β-amino-alcohol motifs (C(OH)–C–C–N with tert-alkyl or cyclic N) is 1. The molecule has 1 aliphatic rings. The first-order chi connectivity index (χ1) is 22.4. The van der Waals surface area contributed by atoms with Gasteiger partial charge in [0.05, 0.1) is 37.3 Å². The fraction of sp³-hybridized carbons (Fsp3) is 0.389. The van der Waals surface area contributed by atoms with Gasteiger partial charge in [0.1, 0.15) is 6.10 Å². The van der Waals surface area contributed by atoms with Gasteiger partial charge in [-0.15, -0.1) is 0 Å². The van der Waals surface area contributed by atoms with E-state index in [4.69, 9.17) is 14.2 Å². The summed E-state index contributed by atoms with van der Waals surface area (Å²) in [4.78, 5) is 13.5. The molecule has 8 nitrogen and oxygen atoms in total. The number of carbonyl (C=O) groups excluding carboxylic acids is 1. The fourth-order valence-electron chi connectivity index (χ4n) is 6.14. The van der Waals surface area contributed by atoms with Crippen LogP contribution in [-0.4, -0.2) is 66.2 Å². The minimum Gasteiger partial charge on any atom is -0.493 e. The highest BCUT2D eigenvalue weighted by molar-refractivity contribution is 5.86. The Morgan fingerprint density at radius 1 is 1.04 bits per heavy atom. The zero-order valence-electron chi connectivity index (χ0n) is 26.6. The number of piperidine rings is 1. The van der Waals surface area contributed by atoms with Crippen LogP contribution in [0.3, 0.4) is 0 Å². The number of hydrogen-bond donors (Lipinski definition) is 1. The third kappa shape index (κ3) is 7.56. The van der Waals surface area contributed by atoms with Gasteiger partial charge < -0.3 is 23.9 Å². The second kappa shape index (κ2) is 14.1. The molecule has 1 fully saturated rings. The van der Waals surface area contributed by atoms with Crippen LogP contribution in [0.1, 0.15) is 47.6 Å². The van der Waals surface area contributed by atoms with Gasteiger partial charge in [-0.3, -0.25) is 9.69 Å². The van der Waals surface area contributed by atoms with Gasteiger partial charge >= 0.3 is 12.1 Å². The summed E-state index contributed by atoms with van der Waals surface area (Å²) in [6.07, 6.45) is -2.93. The quantitative estimate of drug-likeness (QED) is 0.191. The molecule has 1 saturated heterocycles. The van der Waals surface area contributed by atoms with Crippen LogP contribution in [0.4, 0.5) is 13.2 Å². The van der Waals surface area contributed by atoms with Crippen LogP contribution >= 0.6 is 0 Å². The summed E-state index contributed by atoms with van der Waals surface area (Å²) >= 11 is 0. The maximum absolute atomic E-state index is 14.9. The highest BCUT2D eigenvalue weighted by Crippen LogP contribution is 2.44. The Balaban J connectivity index is 1.34. The number of carbonyl (C=O) groups is 1. The van der Waals surface area contributed by atoms with E-state index in [0.717, 1.165) is 11.1 Å². The van der Waals surface area contributed by atoms with Crippen molar-refractivity contribution in [2.75, 3.05) is 33.4 Å². The number of benzene rings is 3. The van der Waals surface area contributed by atoms with E-state index in [1.165, 1.54) is 25.4 Å². The number of esters is 1. The van der Waals surface area contributed by atoms with E-state index in [1.54, 1.807) is 40.7 Å². The van der Waals surface area contributed by atoms with E-state index in [9.17, 15) is 28.3 Å². The van der Waals surface area contributed by atoms with Crippen molar-refractivity contribution >= 4 is 16.9 Å². The van der Waals surface area contributed by atoms with Crippen LogP contribution in [0.5, 0.6) is 11.5 Å². The lowest BCUT2D eigenvalue weighted by Crippen LogP contribution is -2.53. The lowest BCUT2D eigenvalue weighted by Gasteiger charge is -2.39. The van der Waals surface area contributed by atoms with Crippen molar-refractivity contribution in [2.24, 2.45) is 0 Å². The summed E-state index contributed by atoms with van der Waals surface area (Å²) < 4.78 is 63.0. The highest BCUT2D eigenvalue weighted by atomic mass is 19.4. The third-order valence-corrected chi connectivity index (χ3v) is 8.52. The highest BCUT2D eigenvalue weighted by Gasteiger charge is 2.57. The summed E-state index contributed by atoms with van der Waals surface area (Å²) in [5.74, 6) is 0.572. The first-order valence-electron chi connectivity index (χ1n) is 15.5. The molecule has 11 heteroatoms. The van der Waals surface area contributed by atoms with Crippen molar-refractivity contribution in [3.05, 3.63) is 94.7 Å². The number of halogens is 3. The van der Waals surface area contributed by atoms with E-state index in [1.807, 2.05) is 31.2 Å². The molecule has 0 spiro atoms. The average molecular weight is 650 g/mol. The Hall–Kier alpha value is -4.53. The number of nitrogens with zero attached hydrogens (tertiary/aromatic N) is 3. The average Bonchev–Trinajstić information content (AvgIpc) is 3.40. The molecule has 0 saturated carbocycles. The van der Waals surface area contributed by atoms with E-state index < -0.39 is 18.3 Å². The molecule has 5 rings (SSSR count). The minimum absolute atomic E-state index is 0.0923. The van der Waals surface area contributed by atoms with E-state index in [2.05, 4.69) is 6.07 Å². The molecule has 1 atom stereocenters. The zero-order chi connectivity index (χ0) is 33.8. The van der Waals surface area contributed by atoms with Crippen molar-refractivity contribution < 1.29 is 37.3 Å². The summed E-state index contributed by atoms with van der Waals surface area (Å²) in [6, 6.07) is 19.4. The smallest absolute Gasteiger partial charge is 0.422 e. The van der Waals surface area contributed by atoms with E-state index >= 15 is 0 Å². The monoisotopic (exact) mass is 649 g/mol. The van der Waals surface area contributed by atoms with Gasteiger partial charge in [0, 0.05) is 43.3 Å². The van der Waals surface area contributed by atoms with Crippen LogP contribution in [0.15, 0.2) is 66.9 Å². The molecular weight excluding hydrogens is 611 g/mol. The van der Waals surface area contributed by atoms with Crippen LogP contribution in [0, 0.1) is 18.3 Å². The SMILES string of the molecule is CCOC(=O)Cc1ccc(OC2CCN(CC(O)(c3cn(Cc4cccc(C)c4)c4cc(C#N)ccc34)C(F)(F)F)CC2)c(OC)c1. The molecule has 1 aromatic heterocycles. The Kier molecular flexibility index (Phi) is 10.1. The predicted octanol–water partition coefficient (Wildman–Crippen LogP) is 6.28.